The van der Waals surface area contributed by atoms with E-state index in [4.69, 9.17) is 9.72 Å². The van der Waals surface area contributed by atoms with Crippen LogP contribution in [0.2, 0.25) is 0 Å². The van der Waals surface area contributed by atoms with Crippen molar-refractivity contribution in [3.63, 3.8) is 0 Å². The third kappa shape index (κ3) is 3.82. The Morgan fingerprint density at radius 3 is 2.50 bits per heavy atom. The van der Waals surface area contributed by atoms with Crippen LogP contribution in [0.25, 0.3) is 0 Å². The smallest absolute Gasteiger partial charge is 0.137 e. The molecule has 0 aromatic carbocycles. The maximum atomic E-state index is 5.24. The molecule has 1 atom stereocenters. The van der Waals surface area contributed by atoms with Crippen LogP contribution >= 0.6 is 0 Å². The quantitative estimate of drug-likeness (QED) is 0.793. The Kier molecular flexibility index (Phi) is 6.71. The van der Waals surface area contributed by atoms with Gasteiger partial charge in [-0.1, -0.05) is 13.8 Å². The molecule has 0 saturated heterocycles. The normalized spacial score (nSPS) is 12.3. The zero-order chi connectivity index (χ0) is 15.1. The molecule has 0 bridgehead atoms. The largest absolute Gasteiger partial charge is 0.383 e. The minimum Gasteiger partial charge on any atom is -0.383 e. The summed E-state index contributed by atoms with van der Waals surface area (Å²) in [6.07, 6.45) is 1.91. The number of nitrogens with one attached hydrogen (secondary N) is 1. The van der Waals surface area contributed by atoms with Crippen LogP contribution in [0.1, 0.15) is 38.6 Å². The molecule has 1 aromatic rings. The highest BCUT2D eigenvalue weighted by atomic mass is 16.5. The highest BCUT2D eigenvalue weighted by molar-refractivity contribution is 5.59. The van der Waals surface area contributed by atoms with Crippen molar-refractivity contribution in [2.24, 2.45) is 0 Å². The molecule has 0 saturated carbocycles. The Bertz CT molecular complexity index is 423. The standard InChI is InChI=1S/C15H28N4O/c1-7-11(3)19(9-10-20-6)15-12(4)14(16-5)17-13(8-2)18-15/h11H,7-10H2,1-6H3,(H,16,17,18). The topological polar surface area (TPSA) is 50.3 Å². The second kappa shape index (κ2) is 8.04. The van der Waals surface area contributed by atoms with E-state index in [-0.39, 0.29) is 0 Å². The molecule has 1 rings (SSSR count). The summed E-state index contributed by atoms with van der Waals surface area (Å²) in [7, 11) is 3.64. The van der Waals surface area contributed by atoms with Gasteiger partial charge in [-0.25, -0.2) is 9.97 Å². The molecule has 0 aliphatic carbocycles. The highest BCUT2D eigenvalue weighted by Crippen LogP contribution is 2.25. The van der Waals surface area contributed by atoms with Gasteiger partial charge in [0, 0.05) is 38.7 Å². The molecule has 0 spiro atoms. The third-order valence-corrected chi connectivity index (χ3v) is 3.65. The lowest BCUT2D eigenvalue weighted by Crippen LogP contribution is -2.37. The first kappa shape index (κ1) is 16.7. The van der Waals surface area contributed by atoms with Crippen LogP contribution in [0, 0.1) is 6.92 Å². The maximum absolute atomic E-state index is 5.24. The Hall–Kier alpha value is -1.36. The van der Waals surface area contributed by atoms with Gasteiger partial charge in [0.1, 0.15) is 17.5 Å². The summed E-state index contributed by atoms with van der Waals surface area (Å²) in [4.78, 5) is 11.6. The average molecular weight is 280 g/mol. The molecule has 1 heterocycles. The van der Waals surface area contributed by atoms with E-state index in [1.807, 2.05) is 7.05 Å². The van der Waals surface area contributed by atoms with E-state index in [0.717, 1.165) is 42.4 Å². The summed E-state index contributed by atoms with van der Waals surface area (Å²) in [6.45, 7) is 10.1. The van der Waals surface area contributed by atoms with Crippen LogP contribution in [-0.4, -0.2) is 43.3 Å². The molecule has 1 aromatic heterocycles. The van der Waals surface area contributed by atoms with Crippen molar-refractivity contribution in [2.45, 2.75) is 46.6 Å². The van der Waals surface area contributed by atoms with Gasteiger partial charge in [0.15, 0.2) is 0 Å². The van der Waals surface area contributed by atoms with Crippen LogP contribution < -0.4 is 10.2 Å². The summed E-state index contributed by atoms with van der Waals surface area (Å²) in [5.74, 6) is 2.81. The highest BCUT2D eigenvalue weighted by Gasteiger charge is 2.19. The fourth-order valence-corrected chi connectivity index (χ4v) is 2.18. The van der Waals surface area contributed by atoms with E-state index in [2.05, 4.69) is 42.9 Å². The van der Waals surface area contributed by atoms with Crippen molar-refractivity contribution in [3.05, 3.63) is 11.4 Å². The first-order valence-corrected chi connectivity index (χ1v) is 7.39. The van der Waals surface area contributed by atoms with E-state index < -0.39 is 0 Å². The molecule has 0 aliphatic rings. The predicted octanol–water partition coefficient (Wildman–Crippen LogP) is 2.64. The van der Waals surface area contributed by atoms with Gasteiger partial charge in [0.25, 0.3) is 0 Å². The summed E-state index contributed by atoms with van der Waals surface area (Å²) < 4.78 is 5.24. The van der Waals surface area contributed by atoms with Crippen molar-refractivity contribution in [1.82, 2.24) is 9.97 Å². The lowest BCUT2D eigenvalue weighted by molar-refractivity contribution is 0.203. The van der Waals surface area contributed by atoms with Crippen LogP contribution in [0.5, 0.6) is 0 Å². The molecular weight excluding hydrogens is 252 g/mol. The fourth-order valence-electron chi connectivity index (χ4n) is 2.18. The number of aryl methyl sites for hydroxylation is 1. The molecule has 0 aliphatic heterocycles. The molecule has 0 radical (unpaired) electrons. The average Bonchev–Trinajstić information content (AvgIpc) is 2.48. The van der Waals surface area contributed by atoms with E-state index in [1.54, 1.807) is 7.11 Å². The van der Waals surface area contributed by atoms with E-state index >= 15 is 0 Å². The van der Waals surface area contributed by atoms with Gasteiger partial charge < -0.3 is 15.0 Å². The minimum absolute atomic E-state index is 0.424. The maximum Gasteiger partial charge on any atom is 0.137 e. The summed E-state index contributed by atoms with van der Waals surface area (Å²) in [5.41, 5.74) is 1.10. The van der Waals surface area contributed by atoms with E-state index in [9.17, 15) is 0 Å². The fraction of sp³-hybridized carbons (Fsp3) is 0.733. The van der Waals surface area contributed by atoms with Gasteiger partial charge in [0.05, 0.1) is 6.61 Å². The predicted molar refractivity (Wildman–Crippen MR) is 84.7 cm³/mol. The Morgan fingerprint density at radius 2 is 2.00 bits per heavy atom. The second-order valence-corrected chi connectivity index (χ2v) is 4.98. The van der Waals surface area contributed by atoms with Crippen LogP contribution in [0.15, 0.2) is 0 Å². The minimum atomic E-state index is 0.424. The monoisotopic (exact) mass is 280 g/mol. The van der Waals surface area contributed by atoms with Crippen LogP contribution in [0.3, 0.4) is 0 Å². The number of methoxy groups -OCH3 is 1. The number of aromatic nitrogens is 2. The molecule has 0 fully saturated rings. The Balaban J connectivity index is 3.22. The molecule has 1 N–H and O–H groups in total. The number of ether oxygens (including phenoxy) is 1. The number of rotatable bonds is 8. The molecule has 114 valence electrons. The number of nitrogens with zero attached hydrogens (tertiary/aromatic N) is 3. The molecule has 5 heteroatoms. The van der Waals surface area contributed by atoms with Gasteiger partial charge in [-0.2, -0.15) is 0 Å². The molecule has 5 nitrogen and oxygen atoms in total. The SMILES string of the molecule is CCc1nc(NC)c(C)c(N(CCOC)C(C)CC)n1. The number of anilines is 2. The van der Waals surface area contributed by atoms with Gasteiger partial charge in [0.2, 0.25) is 0 Å². The molecule has 1 unspecified atom stereocenters. The third-order valence-electron chi connectivity index (χ3n) is 3.65. The lowest BCUT2D eigenvalue weighted by atomic mass is 10.2. The van der Waals surface area contributed by atoms with Crippen molar-refractivity contribution in [3.8, 4) is 0 Å². The lowest BCUT2D eigenvalue weighted by Gasteiger charge is -2.31. The zero-order valence-corrected chi connectivity index (χ0v) is 13.7. The van der Waals surface area contributed by atoms with Gasteiger partial charge in [-0.05, 0) is 20.3 Å². The molecular formula is C15H28N4O. The second-order valence-electron chi connectivity index (χ2n) is 4.98. The van der Waals surface area contributed by atoms with Crippen molar-refractivity contribution < 1.29 is 4.74 Å². The van der Waals surface area contributed by atoms with E-state index in [0.29, 0.717) is 12.6 Å². The van der Waals surface area contributed by atoms with Crippen molar-refractivity contribution in [2.75, 3.05) is 37.5 Å². The van der Waals surface area contributed by atoms with E-state index in [1.165, 1.54) is 0 Å². The Labute approximate surface area is 122 Å². The van der Waals surface area contributed by atoms with Crippen molar-refractivity contribution in [1.29, 1.82) is 0 Å². The molecule has 20 heavy (non-hydrogen) atoms. The summed E-state index contributed by atoms with van der Waals surface area (Å²) >= 11 is 0. The van der Waals surface area contributed by atoms with Gasteiger partial charge >= 0.3 is 0 Å². The van der Waals surface area contributed by atoms with Gasteiger partial charge in [-0.15, -0.1) is 0 Å². The molecule has 0 amide bonds. The first-order chi connectivity index (χ1) is 9.58. The summed E-state index contributed by atoms with van der Waals surface area (Å²) in [6, 6.07) is 0.424. The summed E-state index contributed by atoms with van der Waals surface area (Å²) in [5, 5.41) is 3.17. The zero-order valence-electron chi connectivity index (χ0n) is 13.7. The van der Waals surface area contributed by atoms with Crippen molar-refractivity contribution >= 4 is 11.6 Å². The van der Waals surface area contributed by atoms with Gasteiger partial charge in [-0.3, -0.25) is 0 Å². The van der Waals surface area contributed by atoms with Crippen LogP contribution in [-0.2, 0) is 11.2 Å². The number of hydrogen-bond acceptors (Lipinski definition) is 5. The first-order valence-electron chi connectivity index (χ1n) is 7.39. The van der Waals surface area contributed by atoms with Crippen LogP contribution in [0.4, 0.5) is 11.6 Å². The Morgan fingerprint density at radius 1 is 1.30 bits per heavy atom. The number of hydrogen-bond donors (Lipinski definition) is 1.